The first-order valence-corrected chi connectivity index (χ1v) is 9.49. The number of fused-ring (bicyclic) bond motifs is 1. The van der Waals surface area contributed by atoms with Crippen molar-refractivity contribution in [2.45, 2.75) is 44.8 Å². The van der Waals surface area contributed by atoms with Crippen LogP contribution in [0.2, 0.25) is 0 Å². The van der Waals surface area contributed by atoms with Gasteiger partial charge in [0.2, 0.25) is 0 Å². The number of hydrogen-bond acceptors (Lipinski definition) is 4. The SMILES string of the molecule is CCNC1CC2(CCS(=O)(=O)CC2)Oc2ccc(C)cc21. The summed E-state index contributed by atoms with van der Waals surface area (Å²) in [6, 6.07) is 6.51. The number of hydrogen-bond donors (Lipinski definition) is 1. The number of sulfone groups is 1. The van der Waals surface area contributed by atoms with Crippen LogP contribution in [0.1, 0.15) is 43.4 Å². The van der Waals surface area contributed by atoms with E-state index in [1.807, 2.05) is 6.07 Å². The zero-order valence-electron chi connectivity index (χ0n) is 12.7. The average molecular weight is 309 g/mol. The third-order valence-electron chi connectivity index (χ3n) is 4.63. The second kappa shape index (κ2) is 5.29. The quantitative estimate of drug-likeness (QED) is 0.911. The fourth-order valence-corrected chi connectivity index (χ4v) is 5.00. The van der Waals surface area contributed by atoms with Crippen LogP contribution >= 0.6 is 0 Å². The summed E-state index contributed by atoms with van der Waals surface area (Å²) in [5.41, 5.74) is 2.11. The van der Waals surface area contributed by atoms with Gasteiger partial charge >= 0.3 is 0 Å². The molecule has 2 heterocycles. The first kappa shape index (κ1) is 14.9. The van der Waals surface area contributed by atoms with Crippen LogP contribution in [-0.4, -0.2) is 32.1 Å². The van der Waals surface area contributed by atoms with Crippen molar-refractivity contribution in [2.24, 2.45) is 0 Å². The molecule has 116 valence electrons. The summed E-state index contributed by atoms with van der Waals surface area (Å²) < 4.78 is 29.7. The van der Waals surface area contributed by atoms with Crippen LogP contribution in [0.15, 0.2) is 18.2 Å². The molecule has 1 aromatic carbocycles. The van der Waals surface area contributed by atoms with Crippen molar-refractivity contribution in [1.29, 1.82) is 0 Å². The summed E-state index contributed by atoms with van der Waals surface area (Å²) in [5, 5.41) is 3.53. The molecule has 2 aliphatic rings. The van der Waals surface area contributed by atoms with Gasteiger partial charge in [0.1, 0.15) is 11.4 Å². The zero-order valence-corrected chi connectivity index (χ0v) is 13.5. The fourth-order valence-electron chi connectivity index (χ4n) is 3.43. The highest BCUT2D eigenvalue weighted by atomic mass is 32.2. The Morgan fingerprint density at radius 3 is 2.71 bits per heavy atom. The number of nitrogens with one attached hydrogen (secondary N) is 1. The Balaban J connectivity index is 1.92. The molecular formula is C16H23NO3S. The Bertz CT molecular complexity index is 625. The Morgan fingerprint density at radius 2 is 2.05 bits per heavy atom. The molecule has 0 saturated carbocycles. The van der Waals surface area contributed by atoms with Gasteiger partial charge in [-0.2, -0.15) is 0 Å². The molecule has 0 amide bonds. The molecule has 3 rings (SSSR count). The topological polar surface area (TPSA) is 55.4 Å². The van der Waals surface area contributed by atoms with E-state index in [0.29, 0.717) is 12.8 Å². The van der Waals surface area contributed by atoms with Gasteiger partial charge in [0.05, 0.1) is 11.5 Å². The van der Waals surface area contributed by atoms with Gasteiger partial charge in [0.15, 0.2) is 9.84 Å². The second-order valence-electron chi connectivity index (χ2n) is 6.29. The summed E-state index contributed by atoms with van der Waals surface area (Å²) >= 11 is 0. The molecule has 1 aromatic rings. The van der Waals surface area contributed by atoms with E-state index in [1.165, 1.54) is 11.1 Å². The molecular weight excluding hydrogens is 286 g/mol. The number of benzene rings is 1. The van der Waals surface area contributed by atoms with Crippen LogP contribution < -0.4 is 10.1 Å². The van der Waals surface area contributed by atoms with Crippen molar-refractivity contribution in [3.8, 4) is 5.75 Å². The summed E-state index contributed by atoms with van der Waals surface area (Å²) in [6.45, 7) is 5.08. The molecule has 0 aliphatic carbocycles. The number of aryl methyl sites for hydroxylation is 1. The fraction of sp³-hybridized carbons (Fsp3) is 0.625. The van der Waals surface area contributed by atoms with Crippen LogP contribution in [0.3, 0.4) is 0 Å². The molecule has 1 unspecified atom stereocenters. The van der Waals surface area contributed by atoms with Crippen molar-refractivity contribution in [3.05, 3.63) is 29.3 Å². The Morgan fingerprint density at radius 1 is 1.33 bits per heavy atom. The summed E-state index contributed by atoms with van der Waals surface area (Å²) in [5.74, 6) is 1.40. The normalized spacial score (nSPS) is 26.1. The van der Waals surface area contributed by atoms with Gasteiger partial charge in [-0.25, -0.2) is 8.42 Å². The van der Waals surface area contributed by atoms with Crippen LogP contribution in [0.25, 0.3) is 0 Å². The van der Waals surface area contributed by atoms with E-state index in [2.05, 4.69) is 31.3 Å². The van der Waals surface area contributed by atoms with Crippen molar-refractivity contribution in [1.82, 2.24) is 5.32 Å². The van der Waals surface area contributed by atoms with Crippen LogP contribution in [0.5, 0.6) is 5.75 Å². The Kier molecular flexibility index (Phi) is 3.74. The Hall–Kier alpha value is -1.07. The number of rotatable bonds is 2. The molecule has 2 aliphatic heterocycles. The van der Waals surface area contributed by atoms with E-state index in [4.69, 9.17) is 4.74 Å². The van der Waals surface area contributed by atoms with Crippen molar-refractivity contribution >= 4 is 9.84 Å². The standard InChI is InChI=1S/C16H23NO3S/c1-3-17-14-11-16(6-8-21(18,19)9-7-16)20-15-5-4-12(2)10-13(14)15/h4-5,10,14,17H,3,6-9,11H2,1-2H3. The lowest BCUT2D eigenvalue weighted by molar-refractivity contribution is 0.0213. The van der Waals surface area contributed by atoms with E-state index in [9.17, 15) is 8.42 Å². The van der Waals surface area contributed by atoms with Crippen molar-refractivity contribution in [2.75, 3.05) is 18.1 Å². The first-order valence-electron chi connectivity index (χ1n) is 7.66. The summed E-state index contributed by atoms with van der Waals surface area (Å²) in [4.78, 5) is 0. The summed E-state index contributed by atoms with van der Waals surface area (Å²) in [6.07, 6.45) is 2.06. The lowest BCUT2D eigenvalue weighted by Crippen LogP contribution is -2.49. The van der Waals surface area contributed by atoms with Crippen LogP contribution in [0.4, 0.5) is 0 Å². The third kappa shape index (κ3) is 2.94. The molecule has 0 bridgehead atoms. The van der Waals surface area contributed by atoms with E-state index in [1.54, 1.807) is 0 Å². The minimum Gasteiger partial charge on any atom is -0.487 e. The van der Waals surface area contributed by atoms with Gasteiger partial charge in [-0.3, -0.25) is 0 Å². The lowest BCUT2D eigenvalue weighted by atomic mass is 9.83. The molecule has 0 aromatic heterocycles. The maximum absolute atomic E-state index is 11.7. The van der Waals surface area contributed by atoms with Gasteiger partial charge in [-0.15, -0.1) is 0 Å². The predicted octanol–water partition coefficient (Wildman–Crippen LogP) is 2.38. The first-order chi connectivity index (χ1) is 9.93. The van der Waals surface area contributed by atoms with Gasteiger partial charge < -0.3 is 10.1 Å². The maximum atomic E-state index is 11.7. The van der Waals surface area contributed by atoms with E-state index < -0.39 is 9.84 Å². The molecule has 1 N–H and O–H groups in total. The highest BCUT2D eigenvalue weighted by Crippen LogP contribution is 2.44. The minimum absolute atomic E-state index is 0.243. The maximum Gasteiger partial charge on any atom is 0.150 e. The summed E-state index contributed by atoms with van der Waals surface area (Å²) in [7, 11) is -2.87. The van der Waals surface area contributed by atoms with Gasteiger partial charge in [0.25, 0.3) is 0 Å². The lowest BCUT2D eigenvalue weighted by Gasteiger charge is -2.44. The van der Waals surface area contributed by atoms with Crippen LogP contribution in [0, 0.1) is 6.92 Å². The smallest absolute Gasteiger partial charge is 0.150 e. The monoisotopic (exact) mass is 309 g/mol. The molecule has 1 spiro atoms. The zero-order chi connectivity index (χ0) is 15.1. The highest BCUT2D eigenvalue weighted by molar-refractivity contribution is 7.91. The minimum atomic E-state index is -2.87. The van der Waals surface area contributed by atoms with E-state index in [-0.39, 0.29) is 23.1 Å². The molecule has 1 fully saturated rings. The molecule has 0 radical (unpaired) electrons. The molecule has 1 atom stereocenters. The number of ether oxygens (including phenoxy) is 1. The molecule has 5 heteroatoms. The molecule has 4 nitrogen and oxygen atoms in total. The largest absolute Gasteiger partial charge is 0.487 e. The molecule has 21 heavy (non-hydrogen) atoms. The van der Waals surface area contributed by atoms with Crippen molar-refractivity contribution in [3.63, 3.8) is 0 Å². The third-order valence-corrected chi connectivity index (χ3v) is 6.28. The van der Waals surface area contributed by atoms with E-state index >= 15 is 0 Å². The van der Waals surface area contributed by atoms with Gasteiger partial charge in [0, 0.05) is 30.9 Å². The van der Waals surface area contributed by atoms with Gasteiger partial charge in [-0.1, -0.05) is 24.6 Å². The van der Waals surface area contributed by atoms with Crippen molar-refractivity contribution < 1.29 is 13.2 Å². The highest BCUT2D eigenvalue weighted by Gasteiger charge is 2.44. The second-order valence-corrected chi connectivity index (χ2v) is 8.60. The Labute approximate surface area is 126 Å². The average Bonchev–Trinajstić information content (AvgIpc) is 2.44. The molecule has 1 saturated heterocycles. The van der Waals surface area contributed by atoms with E-state index in [0.717, 1.165) is 18.7 Å². The van der Waals surface area contributed by atoms with Gasteiger partial charge in [-0.05, 0) is 19.5 Å². The predicted molar refractivity (Wildman–Crippen MR) is 83.5 cm³/mol. The van der Waals surface area contributed by atoms with Crippen LogP contribution in [-0.2, 0) is 9.84 Å².